The lowest BCUT2D eigenvalue weighted by Gasteiger charge is -2.39. The number of anilines is 1. The van der Waals surface area contributed by atoms with Gasteiger partial charge in [-0.1, -0.05) is 0 Å². The average Bonchev–Trinajstić information content (AvgIpc) is 2.38. The number of nitrogens with two attached hydrogens (primary N) is 1. The second-order valence-electron chi connectivity index (χ2n) is 4.27. The molecule has 0 saturated carbocycles. The summed E-state index contributed by atoms with van der Waals surface area (Å²) in [6.45, 7) is 1.21. The number of hydrogen-bond donors (Lipinski definition) is 1. The summed E-state index contributed by atoms with van der Waals surface area (Å²) >= 11 is 0. The van der Waals surface area contributed by atoms with Gasteiger partial charge in [-0.2, -0.15) is 0 Å². The zero-order valence-electron chi connectivity index (χ0n) is 9.97. The van der Waals surface area contributed by atoms with E-state index in [0.29, 0.717) is 12.4 Å². The average molecular weight is 239 g/mol. The Morgan fingerprint density at radius 2 is 2.47 bits per heavy atom. The van der Waals surface area contributed by atoms with Crippen LogP contribution in [0.15, 0.2) is 18.3 Å². The molecule has 4 nitrogen and oxygen atoms in total. The molecule has 0 spiro atoms. The fourth-order valence-corrected chi connectivity index (χ4v) is 2.32. The molecule has 0 aromatic carbocycles. The molecule has 94 valence electrons. The van der Waals surface area contributed by atoms with Gasteiger partial charge in [-0.3, -0.25) is 0 Å². The van der Waals surface area contributed by atoms with E-state index < -0.39 is 0 Å². The molecule has 0 aliphatic carbocycles. The molecule has 0 bridgehead atoms. The Hall–Kier alpha value is -1.20. The summed E-state index contributed by atoms with van der Waals surface area (Å²) in [5.74, 6) is 0.110. The number of ether oxygens (including phenoxy) is 1. The highest BCUT2D eigenvalue weighted by molar-refractivity contribution is 5.41. The maximum atomic E-state index is 13.7. The van der Waals surface area contributed by atoms with E-state index in [-0.39, 0.29) is 18.0 Å². The molecule has 2 atom stereocenters. The summed E-state index contributed by atoms with van der Waals surface area (Å²) in [4.78, 5) is 6.05. The Morgan fingerprint density at radius 3 is 3.12 bits per heavy atom. The predicted molar refractivity (Wildman–Crippen MR) is 64.4 cm³/mol. The van der Waals surface area contributed by atoms with Crippen LogP contribution >= 0.6 is 0 Å². The van der Waals surface area contributed by atoms with Gasteiger partial charge in [-0.25, -0.2) is 9.37 Å². The standard InChI is InChI=1S/C12H18FN3O/c1-17-10-4-6-16(9(7-10)8-14)12-11(13)3-2-5-15-12/h2-3,5,9-10H,4,6-8,14H2,1H3. The van der Waals surface area contributed by atoms with Crippen LogP contribution in [0.25, 0.3) is 0 Å². The molecule has 1 aliphatic heterocycles. The smallest absolute Gasteiger partial charge is 0.165 e. The zero-order chi connectivity index (χ0) is 12.3. The van der Waals surface area contributed by atoms with Crippen LogP contribution in [-0.2, 0) is 4.74 Å². The minimum atomic E-state index is -0.290. The first-order valence-corrected chi connectivity index (χ1v) is 5.86. The number of pyridine rings is 1. The van der Waals surface area contributed by atoms with Gasteiger partial charge in [0.05, 0.1) is 6.10 Å². The maximum absolute atomic E-state index is 13.7. The molecule has 2 rings (SSSR count). The molecular formula is C12H18FN3O. The minimum Gasteiger partial charge on any atom is -0.381 e. The molecule has 0 amide bonds. The molecular weight excluding hydrogens is 221 g/mol. The third kappa shape index (κ3) is 2.56. The monoisotopic (exact) mass is 239 g/mol. The van der Waals surface area contributed by atoms with Crippen LogP contribution in [0.1, 0.15) is 12.8 Å². The second-order valence-corrected chi connectivity index (χ2v) is 4.27. The van der Waals surface area contributed by atoms with E-state index in [1.807, 2.05) is 4.90 Å². The van der Waals surface area contributed by atoms with Crippen molar-refractivity contribution in [1.29, 1.82) is 0 Å². The van der Waals surface area contributed by atoms with Gasteiger partial charge in [-0.05, 0) is 25.0 Å². The lowest BCUT2D eigenvalue weighted by Crippen LogP contribution is -2.49. The number of aromatic nitrogens is 1. The van der Waals surface area contributed by atoms with Gasteiger partial charge in [0.2, 0.25) is 0 Å². The van der Waals surface area contributed by atoms with Crippen LogP contribution in [-0.4, -0.2) is 37.3 Å². The lowest BCUT2D eigenvalue weighted by atomic mass is 9.99. The van der Waals surface area contributed by atoms with Crippen molar-refractivity contribution in [3.8, 4) is 0 Å². The maximum Gasteiger partial charge on any atom is 0.165 e. The highest BCUT2D eigenvalue weighted by Crippen LogP contribution is 2.25. The molecule has 1 aromatic heterocycles. The van der Waals surface area contributed by atoms with Crippen molar-refractivity contribution in [1.82, 2.24) is 4.98 Å². The zero-order valence-corrected chi connectivity index (χ0v) is 9.97. The molecule has 2 heterocycles. The summed E-state index contributed by atoms with van der Waals surface area (Å²) < 4.78 is 19.0. The third-order valence-corrected chi connectivity index (χ3v) is 3.28. The summed E-state index contributed by atoms with van der Waals surface area (Å²) in [6.07, 6.45) is 3.52. The Morgan fingerprint density at radius 1 is 1.65 bits per heavy atom. The highest BCUT2D eigenvalue weighted by atomic mass is 19.1. The Labute approximate surface area is 101 Å². The van der Waals surface area contributed by atoms with Crippen molar-refractivity contribution in [2.45, 2.75) is 25.0 Å². The van der Waals surface area contributed by atoms with Crippen molar-refractivity contribution >= 4 is 5.82 Å². The van der Waals surface area contributed by atoms with Crippen LogP contribution in [0.2, 0.25) is 0 Å². The van der Waals surface area contributed by atoms with E-state index in [1.165, 1.54) is 6.07 Å². The number of nitrogens with zero attached hydrogens (tertiary/aromatic N) is 2. The highest BCUT2D eigenvalue weighted by Gasteiger charge is 2.29. The number of piperidine rings is 1. The largest absolute Gasteiger partial charge is 0.381 e. The van der Waals surface area contributed by atoms with Crippen molar-refractivity contribution in [3.05, 3.63) is 24.1 Å². The Kier molecular flexibility index (Phi) is 3.91. The van der Waals surface area contributed by atoms with Crippen molar-refractivity contribution in [2.24, 2.45) is 5.73 Å². The van der Waals surface area contributed by atoms with Gasteiger partial charge >= 0.3 is 0 Å². The van der Waals surface area contributed by atoms with E-state index in [2.05, 4.69) is 4.98 Å². The van der Waals surface area contributed by atoms with Crippen LogP contribution in [0.4, 0.5) is 10.2 Å². The molecule has 0 radical (unpaired) electrons. The number of halogens is 1. The molecule has 1 saturated heterocycles. The van der Waals surface area contributed by atoms with Gasteiger partial charge in [0.25, 0.3) is 0 Å². The van der Waals surface area contributed by atoms with Crippen molar-refractivity contribution in [2.75, 3.05) is 25.1 Å². The summed E-state index contributed by atoms with van der Waals surface area (Å²) in [5.41, 5.74) is 5.75. The fraction of sp³-hybridized carbons (Fsp3) is 0.583. The van der Waals surface area contributed by atoms with E-state index >= 15 is 0 Å². The quantitative estimate of drug-likeness (QED) is 0.860. The molecule has 1 aliphatic rings. The molecule has 1 fully saturated rings. The van der Waals surface area contributed by atoms with Gasteiger partial charge in [0.15, 0.2) is 11.6 Å². The Bertz CT molecular complexity index is 375. The first kappa shape index (κ1) is 12.3. The Balaban J connectivity index is 2.18. The molecule has 2 N–H and O–H groups in total. The van der Waals surface area contributed by atoms with Crippen LogP contribution in [0.5, 0.6) is 0 Å². The second kappa shape index (κ2) is 5.42. The fourth-order valence-electron chi connectivity index (χ4n) is 2.32. The minimum absolute atomic E-state index is 0.0955. The third-order valence-electron chi connectivity index (χ3n) is 3.28. The van der Waals surface area contributed by atoms with Crippen molar-refractivity contribution in [3.63, 3.8) is 0 Å². The topological polar surface area (TPSA) is 51.4 Å². The predicted octanol–water partition coefficient (Wildman–Crippen LogP) is 1.16. The lowest BCUT2D eigenvalue weighted by molar-refractivity contribution is 0.0706. The first-order valence-electron chi connectivity index (χ1n) is 5.86. The summed E-state index contributed by atoms with van der Waals surface area (Å²) in [6, 6.07) is 3.12. The number of methoxy groups -OCH3 is 1. The van der Waals surface area contributed by atoms with Crippen LogP contribution in [0.3, 0.4) is 0 Å². The number of rotatable bonds is 3. The molecule has 17 heavy (non-hydrogen) atoms. The van der Waals surface area contributed by atoms with Gasteiger partial charge < -0.3 is 15.4 Å². The summed E-state index contributed by atoms with van der Waals surface area (Å²) in [7, 11) is 1.70. The van der Waals surface area contributed by atoms with E-state index in [1.54, 1.807) is 19.4 Å². The van der Waals surface area contributed by atoms with Gasteiger partial charge in [0.1, 0.15) is 0 Å². The normalized spacial score (nSPS) is 25.0. The molecule has 5 heteroatoms. The number of hydrogen-bond acceptors (Lipinski definition) is 4. The van der Waals surface area contributed by atoms with E-state index in [0.717, 1.165) is 19.4 Å². The van der Waals surface area contributed by atoms with E-state index in [9.17, 15) is 4.39 Å². The first-order chi connectivity index (χ1) is 8.26. The van der Waals surface area contributed by atoms with Crippen LogP contribution in [0, 0.1) is 5.82 Å². The summed E-state index contributed by atoms with van der Waals surface area (Å²) in [5, 5.41) is 0. The van der Waals surface area contributed by atoms with E-state index in [4.69, 9.17) is 10.5 Å². The SMILES string of the molecule is COC1CCN(c2ncccc2F)C(CN)C1. The van der Waals surface area contributed by atoms with Crippen molar-refractivity contribution < 1.29 is 9.13 Å². The van der Waals surface area contributed by atoms with Crippen LogP contribution < -0.4 is 10.6 Å². The molecule has 2 unspecified atom stereocenters. The molecule has 1 aromatic rings. The van der Waals surface area contributed by atoms with Gasteiger partial charge in [0, 0.05) is 32.4 Å². The van der Waals surface area contributed by atoms with Gasteiger partial charge in [-0.15, -0.1) is 0 Å².